The molecule has 0 amide bonds. The molecule has 3 rings (SSSR count). The Balaban J connectivity index is 1.73. The molecule has 2 aromatic carbocycles. The van der Waals surface area contributed by atoms with Crippen LogP contribution in [0.1, 0.15) is 30.9 Å². The smallest absolute Gasteiger partial charge is 0.182 e. The van der Waals surface area contributed by atoms with Crippen molar-refractivity contribution in [1.82, 2.24) is 0 Å². The lowest BCUT2D eigenvalue weighted by molar-refractivity contribution is -0.451. The van der Waals surface area contributed by atoms with Gasteiger partial charge in [-0.3, -0.25) is 0 Å². The second-order valence-electron chi connectivity index (χ2n) is 5.69. The van der Waals surface area contributed by atoms with E-state index in [0.717, 1.165) is 25.7 Å². The van der Waals surface area contributed by atoms with Crippen LogP contribution in [0.5, 0.6) is 0 Å². The molecule has 0 aromatic heterocycles. The summed E-state index contributed by atoms with van der Waals surface area (Å²) < 4.78 is 12.3. The molecule has 0 spiro atoms. The van der Waals surface area contributed by atoms with Gasteiger partial charge in [0.1, 0.15) is 0 Å². The van der Waals surface area contributed by atoms with Crippen molar-refractivity contribution >= 4 is 0 Å². The predicted octanol–water partition coefficient (Wildman–Crippen LogP) is 4.34. The van der Waals surface area contributed by atoms with Crippen LogP contribution in [0.2, 0.25) is 0 Å². The Hall–Kier alpha value is -1.64. The molecule has 1 fully saturated rings. The van der Waals surface area contributed by atoms with E-state index in [1.165, 1.54) is 11.1 Å². The van der Waals surface area contributed by atoms with E-state index >= 15 is 0 Å². The maximum Gasteiger partial charge on any atom is 0.182 e. The first-order chi connectivity index (χ1) is 10.3. The Labute approximate surface area is 126 Å². The molecule has 0 aliphatic carbocycles. The quantitative estimate of drug-likeness (QED) is 0.784. The van der Waals surface area contributed by atoms with Crippen molar-refractivity contribution in [3.63, 3.8) is 0 Å². The third-order valence-electron chi connectivity index (χ3n) is 3.85. The van der Waals surface area contributed by atoms with Crippen molar-refractivity contribution in [2.75, 3.05) is 0 Å². The Morgan fingerprint density at radius 2 is 1.29 bits per heavy atom. The normalized spacial score (nSPS) is 17.4. The van der Waals surface area contributed by atoms with Crippen molar-refractivity contribution in [3.05, 3.63) is 71.8 Å². The van der Waals surface area contributed by atoms with E-state index in [-0.39, 0.29) is 6.29 Å². The number of hydrogen-bond donors (Lipinski definition) is 0. The van der Waals surface area contributed by atoms with Crippen LogP contribution in [0, 0.1) is 0 Å². The van der Waals surface area contributed by atoms with E-state index in [2.05, 4.69) is 55.5 Å². The number of rotatable bonds is 6. The molecule has 2 nitrogen and oxygen atoms in total. The van der Waals surface area contributed by atoms with Gasteiger partial charge in [0, 0.05) is 12.8 Å². The minimum Gasteiger partial charge on any atom is -0.320 e. The van der Waals surface area contributed by atoms with Crippen LogP contribution in [-0.4, -0.2) is 12.1 Å². The van der Waals surface area contributed by atoms with Crippen LogP contribution in [-0.2, 0) is 22.3 Å². The monoisotopic (exact) mass is 282 g/mol. The maximum absolute atomic E-state index is 6.15. The molecule has 2 aromatic rings. The molecule has 0 bridgehead atoms. The van der Waals surface area contributed by atoms with Gasteiger partial charge in [-0.1, -0.05) is 74.0 Å². The standard InChI is InChI=1S/C19H22O2/c1-2-9-18-20-19(21-18,14-16-10-5-3-6-11-16)15-17-12-7-4-8-13-17/h3-8,10-13,18H,2,9,14-15H2,1H3. The first-order valence-corrected chi connectivity index (χ1v) is 7.73. The third-order valence-corrected chi connectivity index (χ3v) is 3.85. The molecule has 1 saturated heterocycles. The topological polar surface area (TPSA) is 18.5 Å². The summed E-state index contributed by atoms with van der Waals surface area (Å²) in [7, 11) is 0. The maximum atomic E-state index is 6.15. The summed E-state index contributed by atoms with van der Waals surface area (Å²) in [6.07, 6.45) is 3.59. The van der Waals surface area contributed by atoms with Gasteiger partial charge in [0.2, 0.25) is 0 Å². The summed E-state index contributed by atoms with van der Waals surface area (Å²) in [6.45, 7) is 2.15. The average molecular weight is 282 g/mol. The SMILES string of the molecule is CCCC1OC(Cc2ccccc2)(Cc2ccccc2)O1. The zero-order valence-corrected chi connectivity index (χ0v) is 12.5. The number of hydrogen-bond acceptors (Lipinski definition) is 2. The number of ether oxygens (including phenoxy) is 2. The summed E-state index contributed by atoms with van der Waals surface area (Å²) >= 11 is 0. The molecule has 1 aliphatic rings. The molecular formula is C19H22O2. The highest BCUT2D eigenvalue weighted by atomic mass is 16.9. The van der Waals surface area contributed by atoms with E-state index in [0.29, 0.717) is 0 Å². The van der Waals surface area contributed by atoms with Gasteiger partial charge in [-0.2, -0.15) is 0 Å². The van der Waals surface area contributed by atoms with Gasteiger partial charge in [-0.15, -0.1) is 0 Å². The van der Waals surface area contributed by atoms with E-state index < -0.39 is 5.79 Å². The molecule has 0 unspecified atom stereocenters. The molecule has 110 valence electrons. The molecule has 1 heterocycles. The van der Waals surface area contributed by atoms with Crippen molar-refractivity contribution in [2.24, 2.45) is 0 Å². The Bertz CT molecular complexity index is 501. The largest absolute Gasteiger partial charge is 0.320 e. The average Bonchev–Trinajstić information content (AvgIpc) is 2.48. The summed E-state index contributed by atoms with van der Waals surface area (Å²) in [5.41, 5.74) is 2.51. The zero-order valence-electron chi connectivity index (χ0n) is 12.5. The lowest BCUT2D eigenvalue weighted by atomic mass is 9.95. The summed E-state index contributed by atoms with van der Waals surface area (Å²) in [5.74, 6) is -0.497. The van der Waals surface area contributed by atoms with Gasteiger partial charge in [0.15, 0.2) is 12.1 Å². The summed E-state index contributed by atoms with van der Waals surface area (Å²) in [6, 6.07) is 20.9. The van der Waals surface area contributed by atoms with E-state index in [1.54, 1.807) is 0 Å². The van der Waals surface area contributed by atoms with Crippen molar-refractivity contribution in [3.8, 4) is 0 Å². The van der Waals surface area contributed by atoms with E-state index in [4.69, 9.17) is 9.47 Å². The Morgan fingerprint density at radius 1 is 0.810 bits per heavy atom. The first kappa shape index (κ1) is 14.3. The molecule has 0 radical (unpaired) electrons. The molecule has 0 N–H and O–H groups in total. The molecule has 0 saturated carbocycles. The van der Waals surface area contributed by atoms with Crippen LogP contribution < -0.4 is 0 Å². The van der Waals surface area contributed by atoms with Crippen LogP contribution in [0.25, 0.3) is 0 Å². The third kappa shape index (κ3) is 3.52. The number of benzene rings is 2. The molecular weight excluding hydrogens is 260 g/mol. The minimum absolute atomic E-state index is 0.0394. The first-order valence-electron chi connectivity index (χ1n) is 7.73. The van der Waals surface area contributed by atoms with Crippen molar-refractivity contribution < 1.29 is 9.47 Å². The van der Waals surface area contributed by atoms with E-state index in [1.807, 2.05) is 12.1 Å². The molecule has 0 atom stereocenters. The molecule has 2 heteroatoms. The highest BCUT2D eigenvalue weighted by Gasteiger charge is 2.46. The van der Waals surface area contributed by atoms with Crippen LogP contribution in [0.3, 0.4) is 0 Å². The van der Waals surface area contributed by atoms with Gasteiger partial charge >= 0.3 is 0 Å². The summed E-state index contributed by atoms with van der Waals surface area (Å²) in [5, 5.41) is 0. The fourth-order valence-corrected chi connectivity index (χ4v) is 2.88. The fraction of sp³-hybridized carbons (Fsp3) is 0.368. The van der Waals surface area contributed by atoms with Gasteiger partial charge < -0.3 is 9.47 Å². The van der Waals surface area contributed by atoms with E-state index in [9.17, 15) is 0 Å². The zero-order chi connectivity index (χ0) is 14.5. The minimum atomic E-state index is -0.497. The predicted molar refractivity (Wildman–Crippen MR) is 83.9 cm³/mol. The lowest BCUT2D eigenvalue weighted by Gasteiger charge is -2.48. The van der Waals surface area contributed by atoms with Crippen LogP contribution in [0.4, 0.5) is 0 Å². The molecule has 1 aliphatic heterocycles. The summed E-state index contributed by atoms with van der Waals surface area (Å²) in [4.78, 5) is 0. The van der Waals surface area contributed by atoms with Gasteiger partial charge in [0.25, 0.3) is 0 Å². The Morgan fingerprint density at radius 3 is 1.71 bits per heavy atom. The van der Waals surface area contributed by atoms with Gasteiger partial charge in [-0.25, -0.2) is 0 Å². The highest BCUT2D eigenvalue weighted by molar-refractivity contribution is 5.21. The Kier molecular flexibility index (Phi) is 4.37. The second kappa shape index (κ2) is 6.42. The fourth-order valence-electron chi connectivity index (χ4n) is 2.88. The van der Waals surface area contributed by atoms with Crippen LogP contribution in [0.15, 0.2) is 60.7 Å². The lowest BCUT2D eigenvalue weighted by Crippen LogP contribution is -2.56. The van der Waals surface area contributed by atoms with Crippen molar-refractivity contribution in [1.29, 1.82) is 0 Å². The van der Waals surface area contributed by atoms with Crippen LogP contribution >= 0.6 is 0 Å². The van der Waals surface area contributed by atoms with Crippen molar-refractivity contribution in [2.45, 2.75) is 44.7 Å². The highest BCUT2D eigenvalue weighted by Crippen LogP contribution is 2.37. The molecule has 21 heavy (non-hydrogen) atoms. The van der Waals surface area contributed by atoms with Gasteiger partial charge in [-0.05, 0) is 17.5 Å². The van der Waals surface area contributed by atoms with Gasteiger partial charge in [0.05, 0.1) is 0 Å². The second-order valence-corrected chi connectivity index (χ2v) is 5.69.